The Morgan fingerprint density at radius 2 is 1.58 bits per heavy atom. The highest BCUT2D eigenvalue weighted by molar-refractivity contribution is 6.03. The molecule has 0 aliphatic heterocycles. The van der Waals surface area contributed by atoms with Gasteiger partial charge in [0.15, 0.2) is 0 Å². The number of carbonyl (C=O) groups excluding carboxylic acids is 1. The van der Waals surface area contributed by atoms with E-state index >= 15 is 0 Å². The van der Waals surface area contributed by atoms with E-state index in [2.05, 4.69) is 15.3 Å². The molecule has 0 radical (unpaired) electrons. The van der Waals surface area contributed by atoms with Crippen LogP contribution in [0.25, 0.3) is 0 Å². The summed E-state index contributed by atoms with van der Waals surface area (Å²) in [5.41, 5.74) is 3.08. The summed E-state index contributed by atoms with van der Waals surface area (Å²) in [4.78, 5) is 24.8. The van der Waals surface area contributed by atoms with Crippen LogP contribution in [0.3, 0.4) is 0 Å². The Labute approximate surface area is 153 Å². The third kappa shape index (κ3) is 3.97. The second-order valence-electron chi connectivity index (χ2n) is 6.05. The zero-order valence-electron chi connectivity index (χ0n) is 15.0. The molecule has 0 atom stereocenters. The first-order valence-electron chi connectivity index (χ1n) is 8.24. The molecule has 6 nitrogen and oxygen atoms in total. The topological polar surface area (TPSA) is 61.4 Å². The van der Waals surface area contributed by atoms with Crippen LogP contribution in [0.1, 0.15) is 10.5 Å². The van der Waals surface area contributed by atoms with Crippen molar-refractivity contribution in [2.75, 3.05) is 36.3 Å². The number of para-hydroxylation sites is 1. The quantitative estimate of drug-likeness (QED) is 0.765. The van der Waals surface area contributed by atoms with Gasteiger partial charge in [-0.25, -0.2) is 9.97 Å². The van der Waals surface area contributed by atoms with Gasteiger partial charge in [-0.3, -0.25) is 4.79 Å². The van der Waals surface area contributed by atoms with Crippen LogP contribution in [-0.2, 0) is 0 Å². The highest BCUT2D eigenvalue weighted by Gasteiger charge is 2.12. The Bertz CT molecular complexity index is 878. The van der Waals surface area contributed by atoms with E-state index in [0.717, 1.165) is 17.1 Å². The second-order valence-corrected chi connectivity index (χ2v) is 6.05. The smallest absolute Gasteiger partial charge is 0.274 e. The first-order chi connectivity index (χ1) is 12.5. The summed E-state index contributed by atoms with van der Waals surface area (Å²) in [5.74, 6) is 0.382. The third-order valence-electron chi connectivity index (χ3n) is 4.01. The van der Waals surface area contributed by atoms with Gasteiger partial charge in [0.25, 0.3) is 5.91 Å². The lowest BCUT2D eigenvalue weighted by Crippen LogP contribution is -2.17. The van der Waals surface area contributed by atoms with Crippen LogP contribution in [0, 0.1) is 0 Å². The predicted molar refractivity (Wildman–Crippen MR) is 105 cm³/mol. The molecule has 0 spiro atoms. The van der Waals surface area contributed by atoms with Gasteiger partial charge in [0.05, 0.1) is 0 Å². The molecule has 1 aromatic heterocycles. The van der Waals surface area contributed by atoms with E-state index < -0.39 is 0 Å². The largest absolute Gasteiger partial charge is 0.378 e. The number of aromatic nitrogens is 2. The van der Waals surface area contributed by atoms with Gasteiger partial charge in [0.1, 0.15) is 17.8 Å². The van der Waals surface area contributed by atoms with Crippen molar-refractivity contribution in [3.05, 3.63) is 72.7 Å². The Balaban J connectivity index is 1.76. The van der Waals surface area contributed by atoms with E-state index in [0.29, 0.717) is 11.5 Å². The van der Waals surface area contributed by atoms with Crippen molar-refractivity contribution in [1.82, 2.24) is 9.97 Å². The van der Waals surface area contributed by atoms with Gasteiger partial charge < -0.3 is 15.1 Å². The number of nitrogens with zero attached hydrogens (tertiary/aromatic N) is 4. The summed E-state index contributed by atoms with van der Waals surface area (Å²) in [6.07, 6.45) is 1.40. The van der Waals surface area contributed by atoms with Gasteiger partial charge in [-0.2, -0.15) is 0 Å². The molecule has 0 saturated carbocycles. The number of benzene rings is 2. The molecule has 3 aromatic rings. The monoisotopic (exact) mass is 347 g/mol. The van der Waals surface area contributed by atoms with E-state index in [1.807, 2.05) is 85.5 Å². The minimum Gasteiger partial charge on any atom is -0.378 e. The SMILES string of the molecule is CN(C)c1ccc(NC(=O)c2cc(N(C)c3ccccc3)ncn2)cc1. The molecule has 0 saturated heterocycles. The molecule has 3 rings (SSSR count). The first-order valence-corrected chi connectivity index (χ1v) is 8.24. The van der Waals surface area contributed by atoms with Gasteiger partial charge in [-0.1, -0.05) is 18.2 Å². The van der Waals surface area contributed by atoms with Crippen molar-refractivity contribution >= 4 is 28.8 Å². The lowest BCUT2D eigenvalue weighted by atomic mass is 10.2. The van der Waals surface area contributed by atoms with E-state index in [4.69, 9.17) is 0 Å². The molecule has 0 unspecified atom stereocenters. The van der Waals surface area contributed by atoms with Gasteiger partial charge in [-0.05, 0) is 36.4 Å². The van der Waals surface area contributed by atoms with Crippen molar-refractivity contribution in [3.8, 4) is 0 Å². The van der Waals surface area contributed by atoms with Crippen LogP contribution in [0.4, 0.5) is 22.9 Å². The Hall–Kier alpha value is -3.41. The lowest BCUT2D eigenvalue weighted by Gasteiger charge is -2.18. The summed E-state index contributed by atoms with van der Waals surface area (Å²) in [5, 5.41) is 2.86. The Morgan fingerprint density at radius 1 is 0.885 bits per heavy atom. The van der Waals surface area contributed by atoms with Crippen LogP contribution in [0.15, 0.2) is 67.0 Å². The minimum atomic E-state index is -0.271. The predicted octanol–water partition coefficient (Wildman–Crippen LogP) is 3.56. The molecule has 1 N–H and O–H groups in total. The van der Waals surface area contributed by atoms with Gasteiger partial charge in [-0.15, -0.1) is 0 Å². The van der Waals surface area contributed by atoms with Crippen molar-refractivity contribution in [2.45, 2.75) is 0 Å². The molecule has 0 aliphatic rings. The fourth-order valence-corrected chi connectivity index (χ4v) is 2.48. The standard InChI is InChI=1S/C20H21N5O/c1-24(2)16-11-9-15(10-12-16)23-20(26)18-13-19(22-14-21-18)25(3)17-7-5-4-6-8-17/h4-14H,1-3H3,(H,23,26). The molecule has 1 heterocycles. The fourth-order valence-electron chi connectivity index (χ4n) is 2.48. The minimum absolute atomic E-state index is 0.271. The molecule has 1 amide bonds. The van der Waals surface area contributed by atoms with E-state index in [1.165, 1.54) is 6.33 Å². The zero-order chi connectivity index (χ0) is 18.5. The molecular weight excluding hydrogens is 326 g/mol. The van der Waals surface area contributed by atoms with Crippen LogP contribution >= 0.6 is 0 Å². The lowest BCUT2D eigenvalue weighted by molar-refractivity contribution is 0.102. The van der Waals surface area contributed by atoms with Gasteiger partial charge in [0, 0.05) is 44.3 Å². The number of amides is 1. The van der Waals surface area contributed by atoms with E-state index in [1.54, 1.807) is 6.07 Å². The second kappa shape index (κ2) is 7.65. The maximum absolute atomic E-state index is 12.5. The Morgan fingerprint density at radius 3 is 2.23 bits per heavy atom. The number of nitrogens with one attached hydrogen (secondary N) is 1. The maximum Gasteiger partial charge on any atom is 0.274 e. The first kappa shape index (κ1) is 17.4. The summed E-state index contributed by atoms with van der Waals surface area (Å²) < 4.78 is 0. The highest BCUT2D eigenvalue weighted by Crippen LogP contribution is 2.21. The summed E-state index contributed by atoms with van der Waals surface area (Å²) in [6, 6.07) is 19.1. The zero-order valence-corrected chi connectivity index (χ0v) is 15.0. The van der Waals surface area contributed by atoms with Crippen LogP contribution in [0.5, 0.6) is 0 Å². The van der Waals surface area contributed by atoms with Crippen LogP contribution in [-0.4, -0.2) is 37.0 Å². The van der Waals surface area contributed by atoms with Gasteiger partial charge in [0.2, 0.25) is 0 Å². The highest BCUT2D eigenvalue weighted by atomic mass is 16.1. The Kier molecular flexibility index (Phi) is 5.12. The van der Waals surface area contributed by atoms with Crippen molar-refractivity contribution < 1.29 is 4.79 Å². The number of carbonyl (C=O) groups is 1. The number of hydrogen-bond donors (Lipinski definition) is 1. The number of hydrogen-bond acceptors (Lipinski definition) is 5. The van der Waals surface area contributed by atoms with E-state index in [-0.39, 0.29) is 5.91 Å². The molecule has 2 aromatic carbocycles. The summed E-state index contributed by atoms with van der Waals surface area (Å²) in [6.45, 7) is 0. The maximum atomic E-state index is 12.5. The van der Waals surface area contributed by atoms with E-state index in [9.17, 15) is 4.79 Å². The normalized spacial score (nSPS) is 10.3. The molecule has 0 bridgehead atoms. The van der Waals surface area contributed by atoms with Gasteiger partial charge >= 0.3 is 0 Å². The summed E-state index contributed by atoms with van der Waals surface area (Å²) >= 11 is 0. The number of rotatable bonds is 5. The number of anilines is 4. The molecule has 6 heteroatoms. The molecule has 132 valence electrons. The van der Waals surface area contributed by atoms with Crippen molar-refractivity contribution in [3.63, 3.8) is 0 Å². The molecule has 0 fully saturated rings. The van der Waals surface area contributed by atoms with Crippen molar-refractivity contribution in [2.24, 2.45) is 0 Å². The van der Waals surface area contributed by atoms with Crippen LogP contribution < -0.4 is 15.1 Å². The summed E-state index contributed by atoms with van der Waals surface area (Å²) in [7, 11) is 5.85. The molecular formula is C20H21N5O. The fraction of sp³-hybridized carbons (Fsp3) is 0.150. The average molecular weight is 347 g/mol. The third-order valence-corrected chi connectivity index (χ3v) is 4.01. The molecule has 26 heavy (non-hydrogen) atoms. The van der Waals surface area contributed by atoms with Crippen molar-refractivity contribution in [1.29, 1.82) is 0 Å². The average Bonchev–Trinajstić information content (AvgIpc) is 2.68. The van der Waals surface area contributed by atoms with Crippen LogP contribution in [0.2, 0.25) is 0 Å². The molecule has 0 aliphatic carbocycles.